The fourth-order valence-corrected chi connectivity index (χ4v) is 1.40. The van der Waals surface area contributed by atoms with E-state index in [2.05, 4.69) is 24.4 Å². The van der Waals surface area contributed by atoms with Gasteiger partial charge in [-0.15, -0.1) is 0 Å². The molecule has 0 aliphatic carbocycles. The summed E-state index contributed by atoms with van der Waals surface area (Å²) in [5.41, 5.74) is 6.12. The van der Waals surface area contributed by atoms with Gasteiger partial charge in [-0.3, -0.25) is 16.0 Å². The number of nitrogens with one attached hydrogen (secondary N) is 1. The molecule has 4 nitrogen and oxygen atoms in total. The van der Waals surface area contributed by atoms with Crippen LogP contribution < -0.4 is 11.3 Å². The molecular weight excluding hydrogens is 152 g/mol. The van der Waals surface area contributed by atoms with Crippen molar-refractivity contribution in [3.63, 3.8) is 0 Å². The summed E-state index contributed by atoms with van der Waals surface area (Å²) in [6.45, 7) is 7.76. The Morgan fingerprint density at radius 1 is 1.50 bits per heavy atom. The lowest BCUT2D eigenvalue weighted by atomic mass is 10.2. The van der Waals surface area contributed by atoms with Gasteiger partial charge in [0.1, 0.15) is 0 Å². The molecule has 4 heteroatoms. The summed E-state index contributed by atoms with van der Waals surface area (Å²) in [7, 11) is 0. The molecule has 0 fully saturated rings. The van der Waals surface area contributed by atoms with Crippen LogP contribution >= 0.6 is 0 Å². The Hall–Kier alpha value is -0.870. The quantitative estimate of drug-likeness (QED) is 0.510. The summed E-state index contributed by atoms with van der Waals surface area (Å²) in [4.78, 5) is 0. The zero-order valence-corrected chi connectivity index (χ0v) is 7.89. The van der Waals surface area contributed by atoms with E-state index in [-0.39, 0.29) is 0 Å². The lowest BCUT2D eigenvalue weighted by Gasteiger charge is -2.01. The third-order valence-electron chi connectivity index (χ3n) is 2.11. The van der Waals surface area contributed by atoms with E-state index in [9.17, 15) is 0 Å². The van der Waals surface area contributed by atoms with E-state index in [0.29, 0.717) is 6.54 Å². The van der Waals surface area contributed by atoms with Crippen LogP contribution in [0.2, 0.25) is 0 Å². The second kappa shape index (κ2) is 3.69. The molecule has 1 aromatic heterocycles. The maximum Gasteiger partial charge on any atom is 0.0642 e. The molecule has 1 aromatic rings. The number of nitrogens with two attached hydrogens (primary N) is 1. The normalized spacial score (nSPS) is 10.7. The van der Waals surface area contributed by atoms with Crippen LogP contribution in [0.5, 0.6) is 0 Å². The molecule has 0 aliphatic rings. The molecule has 0 radical (unpaired) electrons. The van der Waals surface area contributed by atoms with Crippen molar-refractivity contribution in [1.29, 1.82) is 0 Å². The van der Waals surface area contributed by atoms with E-state index in [1.807, 2.05) is 11.6 Å². The monoisotopic (exact) mass is 168 g/mol. The fourth-order valence-electron chi connectivity index (χ4n) is 1.40. The molecule has 0 amide bonds. The molecule has 0 aromatic carbocycles. The average Bonchev–Trinajstić information content (AvgIpc) is 2.32. The minimum absolute atomic E-state index is 0.692. The highest BCUT2D eigenvalue weighted by molar-refractivity contribution is 5.24. The van der Waals surface area contributed by atoms with Crippen molar-refractivity contribution in [2.24, 2.45) is 5.84 Å². The average molecular weight is 168 g/mol. The predicted octanol–water partition coefficient (Wildman–Crippen LogP) is 0.483. The maximum atomic E-state index is 5.26. The van der Waals surface area contributed by atoms with Crippen molar-refractivity contribution >= 4 is 0 Å². The first-order valence-corrected chi connectivity index (χ1v) is 4.17. The van der Waals surface area contributed by atoms with E-state index in [1.165, 1.54) is 11.3 Å². The van der Waals surface area contributed by atoms with Crippen LogP contribution in [0.15, 0.2) is 0 Å². The van der Waals surface area contributed by atoms with Crippen LogP contribution in [0.1, 0.15) is 23.9 Å². The van der Waals surface area contributed by atoms with Crippen molar-refractivity contribution in [3.05, 3.63) is 17.0 Å². The number of hydrazine groups is 1. The first-order chi connectivity index (χ1) is 5.70. The summed E-state index contributed by atoms with van der Waals surface area (Å²) >= 11 is 0. The molecule has 0 unspecified atom stereocenters. The van der Waals surface area contributed by atoms with Crippen molar-refractivity contribution in [2.75, 3.05) is 0 Å². The first-order valence-electron chi connectivity index (χ1n) is 4.17. The molecule has 0 spiro atoms. The van der Waals surface area contributed by atoms with E-state index in [0.717, 1.165) is 12.2 Å². The van der Waals surface area contributed by atoms with Crippen molar-refractivity contribution in [3.8, 4) is 0 Å². The van der Waals surface area contributed by atoms with Gasteiger partial charge in [-0.05, 0) is 20.8 Å². The second-order valence-corrected chi connectivity index (χ2v) is 2.85. The summed E-state index contributed by atoms with van der Waals surface area (Å²) < 4.78 is 1.99. The Labute approximate surface area is 72.7 Å². The molecule has 1 heterocycles. The Kier molecular flexibility index (Phi) is 2.83. The smallest absolute Gasteiger partial charge is 0.0642 e. The molecule has 0 saturated heterocycles. The Morgan fingerprint density at radius 3 is 2.58 bits per heavy atom. The van der Waals surface area contributed by atoms with Crippen LogP contribution in [0.3, 0.4) is 0 Å². The molecule has 68 valence electrons. The minimum Gasteiger partial charge on any atom is -0.271 e. The van der Waals surface area contributed by atoms with Crippen molar-refractivity contribution in [1.82, 2.24) is 15.2 Å². The zero-order valence-electron chi connectivity index (χ0n) is 7.89. The van der Waals surface area contributed by atoms with E-state index >= 15 is 0 Å². The third-order valence-corrected chi connectivity index (χ3v) is 2.11. The van der Waals surface area contributed by atoms with Crippen LogP contribution in [0.4, 0.5) is 0 Å². The van der Waals surface area contributed by atoms with Gasteiger partial charge in [-0.25, -0.2) is 0 Å². The van der Waals surface area contributed by atoms with Crippen molar-refractivity contribution in [2.45, 2.75) is 33.9 Å². The largest absolute Gasteiger partial charge is 0.271 e. The fraction of sp³-hybridized carbons (Fsp3) is 0.625. The molecule has 12 heavy (non-hydrogen) atoms. The molecule has 0 aliphatic heterocycles. The standard InChI is InChI=1S/C8H16N4/c1-4-12-7(3)8(5-10-9)6(2)11-12/h10H,4-5,9H2,1-3H3. The molecule has 0 bridgehead atoms. The van der Waals surface area contributed by atoms with Gasteiger partial charge in [-0.2, -0.15) is 5.10 Å². The van der Waals surface area contributed by atoms with Gasteiger partial charge in [0.05, 0.1) is 5.69 Å². The van der Waals surface area contributed by atoms with Crippen LogP contribution in [-0.2, 0) is 13.1 Å². The zero-order chi connectivity index (χ0) is 9.14. The minimum atomic E-state index is 0.692. The second-order valence-electron chi connectivity index (χ2n) is 2.85. The topological polar surface area (TPSA) is 55.9 Å². The number of nitrogens with zero attached hydrogens (tertiary/aromatic N) is 2. The van der Waals surface area contributed by atoms with Crippen LogP contribution in [0, 0.1) is 13.8 Å². The van der Waals surface area contributed by atoms with Gasteiger partial charge in [0, 0.05) is 24.3 Å². The summed E-state index contributed by atoms with van der Waals surface area (Å²) in [5.74, 6) is 5.26. The summed E-state index contributed by atoms with van der Waals surface area (Å²) in [6, 6.07) is 0. The number of aromatic nitrogens is 2. The molecule has 0 atom stereocenters. The number of aryl methyl sites for hydroxylation is 2. The lowest BCUT2D eigenvalue weighted by molar-refractivity contribution is 0.632. The SMILES string of the molecule is CCn1nc(C)c(CNN)c1C. The van der Waals surface area contributed by atoms with Gasteiger partial charge in [0.25, 0.3) is 0 Å². The van der Waals surface area contributed by atoms with Gasteiger partial charge in [0.15, 0.2) is 0 Å². The van der Waals surface area contributed by atoms with Crippen LogP contribution in [-0.4, -0.2) is 9.78 Å². The Balaban J connectivity index is 3.01. The lowest BCUT2D eigenvalue weighted by Crippen LogP contribution is -2.21. The van der Waals surface area contributed by atoms with E-state index in [1.54, 1.807) is 0 Å². The van der Waals surface area contributed by atoms with Gasteiger partial charge in [-0.1, -0.05) is 0 Å². The highest BCUT2D eigenvalue weighted by atomic mass is 15.3. The molecule has 3 N–H and O–H groups in total. The third kappa shape index (κ3) is 1.49. The Bertz CT molecular complexity index is 264. The first kappa shape index (κ1) is 9.22. The van der Waals surface area contributed by atoms with Gasteiger partial charge < -0.3 is 0 Å². The summed E-state index contributed by atoms with van der Waals surface area (Å²) in [6.07, 6.45) is 0. The van der Waals surface area contributed by atoms with Crippen LogP contribution in [0.25, 0.3) is 0 Å². The summed E-state index contributed by atoms with van der Waals surface area (Å²) in [5, 5.41) is 4.37. The van der Waals surface area contributed by atoms with Gasteiger partial charge in [0.2, 0.25) is 0 Å². The van der Waals surface area contributed by atoms with E-state index in [4.69, 9.17) is 5.84 Å². The number of hydrogen-bond donors (Lipinski definition) is 2. The number of hydrogen-bond acceptors (Lipinski definition) is 3. The Morgan fingerprint density at radius 2 is 2.17 bits per heavy atom. The highest BCUT2D eigenvalue weighted by Crippen LogP contribution is 2.11. The maximum absolute atomic E-state index is 5.26. The van der Waals surface area contributed by atoms with E-state index < -0.39 is 0 Å². The molecule has 1 rings (SSSR count). The molecule has 0 saturated carbocycles. The highest BCUT2D eigenvalue weighted by Gasteiger charge is 2.08. The predicted molar refractivity (Wildman–Crippen MR) is 48.4 cm³/mol. The van der Waals surface area contributed by atoms with Gasteiger partial charge >= 0.3 is 0 Å². The molecular formula is C8H16N4. The number of rotatable bonds is 3. The van der Waals surface area contributed by atoms with Crippen molar-refractivity contribution < 1.29 is 0 Å².